The first kappa shape index (κ1) is 15.7. The van der Waals surface area contributed by atoms with E-state index in [9.17, 15) is 4.79 Å². The Morgan fingerprint density at radius 1 is 1.21 bits per heavy atom. The van der Waals surface area contributed by atoms with Gasteiger partial charge in [-0.1, -0.05) is 44.2 Å². The maximum absolute atomic E-state index is 11.9. The number of esters is 1. The molecule has 0 spiro atoms. The molecule has 4 nitrogen and oxygen atoms in total. The molecule has 0 fully saturated rings. The van der Waals surface area contributed by atoms with Gasteiger partial charge in [0.05, 0.1) is 12.5 Å². The Labute approximate surface area is 114 Å². The first-order valence-corrected chi connectivity index (χ1v) is 6.64. The molecule has 2 N–H and O–H groups in total. The third-order valence-electron chi connectivity index (χ3n) is 2.65. The number of ether oxygens (including phenoxy) is 2. The monoisotopic (exact) mass is 265 g/mol. The summed E-state index contributed by atoms with van der Waals surface area (Å²) < 4.78 is 10.5. The Morgan fingerprint density at radius 3 is 2.47 bits per heavy atom. The van der Waals surface area contributed by atoms with Gasteiger partial charge in [-0.05, 0) is 11.5 Å². The van der Waals surface area contributed by atoms with Gasteiger partial charge >= 0.3 is 5.97 Å². The van der Waals surface area contributed by atoms with Crippen molar-refractivity contribution in [1.82, 2.24) is 0 Å². The predicted octanol–water partition coefficient (Wildman–Crippen LogP) is 1.94. The average Bonchev–Trinajstić information content (AvgIpc) is 2.40. The van der Waals surface area contributed by atoms with E-state index in [2.05, 4.69) is 13.8 Å². The number of rotatable bonds is 8. The van der Waals surface area contributed by atoms with Gasteiger partial charge in [0, 0.05) is 13.2 Å². The molecular weight excluding hydrogens is 242 g/mol. The lowest BCUT2D eigenvalue weighted by Gasteiger charge is -2.14. The molecule has 1 unspecified atom stereocenters. The van der Waals surface area contributed by atoms with Gasteiger partial charge in [-0.2, -0.15) is 0 Å². The third-order valence-corrected chi connectivity index (χ3v) is 2.65. The second-order valence-electron chi connectivity index (χ2n) is 4.84. The van der Waals surface area contributed by atoms with Crippen molar-refractivity contribution < 1.29 is 14.3 Å². The summed E-state index contributed by atoms with van der Waals surface area (Å²) >= 11 is 0. The van der Waals surface area contributed by atoms with Crippen molar-refractivity contribution in [1.29, 1.82) is 0 Å². The zero-order valence-corrected chi connectivity index (χ0v) is 11.7. The number of hydrogen-bond acceptors (Lipinski definition) is 4. The van der Waals surface area contributed by atoms with Gasteiger partial charge in [0.2, 0.25) is 0 Å². The van der Waals surface area contributed by atoms with E-state index in [0.717, 1.165) is 5.56 Å². The second kappa shape index (κ2) is 8.67. The number of hydrogen-bond donors (Lipinski definition) is 1. The number of carbonyl (C=O) groups is 1. The van der Waals surface area contributed by atoms with Gasteiger partial charge in [0.25, 0.3) is 0 Å². The zero-order chi connectivity index (χ0) is 14.1. The predicted molar refractivity (Wildman–Crippen MR) is 74.9 cm³/mol. The molecule has 1 rings (SSSR count). The minimum atomic E-state index is -0.397. The van der Waals surface area contributed by atoms with E-state index in [1.807, 2.05) is 30.3 Å². The largest absolute Gasteiger partial charge is 0.463 e. The Morgan fingerprint density at radius 2 is 1.89 bits per heavy atom. The highest BCUT2D eigenvalue weighted by atomic mass is 16.6. The summed E-state index contributed by atoms with van der Waals surface area (Å²) in [6.07, 6.45) is 0. The van der Waals surface area contributed by atoms with Crippen molar-refractivity contribution in [2.45, 2.75) is 19.8 Å². The molecule has 1 aromatic carbocycles. The van der Waals surface area contributed by atoms with E-state index < -0.39 is 5.92 Å². The summed E-state index contributed by atoms with van der Waals surface area (Å²) in [4.78, 5) is 11.9. The van der Waals surface area contributed by atoms with E-state index in [-0.39, 0.29) is 19.1 Å². The fourth-order valence-electron chi connectivity index (χ4n) is 1.67. The molecule has 4 heteroatoms. The van der Waals surface area contributed by atoms with E-state index in [1.165, 1.54) is 0 Å². The quantitative estimate of drug-likeness (QED) is 0.576. The Kier molecular flexibility index (Phi) is 7.15. The van der Waals surface area contributed by atoms with Crippen LogP contribution in [-0.4, -0.2) is 32.3 Å². The molecule has 0 bridgehead atoms. The van der Waals surface area contributed by atoms with Crippen molar-refractivity contribution >= 4 is 5.97 Å². The summed E-state index contributed by atoms with van der Waals surface area (Å²) in [5, 5.41) is 0. The van der Waals surface area contributed by atoms with E-state index in [0.29, 0.717) is 19.1 Å². The molecule has 0 aliphatic carbocycles. The van der Waals surface area contributed by atoms with Gasteiger partial charge < -0.3 is 15.2 Å². The molecule has 0 aliphatic heterocycles. The van der Waals surface area contributed by atoms with E-state index in [4.69, 9.17) is 15.2 Å². The Bertz CT molecular complexity index is 365. The number of carbonyl (C=O) groups excluding carboxylic acids is 1. The fourth-order valence-corrected chi connectivity index (χ4v) is 1.67. The highest BCUT2D eigenvalue weighted by Crippen LogP contribution is 2.15. The first-order chi connectivity index (χ1) is 9.15. The SMILES string of the molecule is CC(C)COCCOC(=O)C(CN)c1ccccc1. The molecule has 0 saturated heterocycles. The van der Waals surface area contributed by atoms with Crippen LogP contribution in [0.25, 0.3) is 0 Å². The van der Waals surface area contributed by atoms with Crippen LogP contribution >= 0.6 is 0 Å². The van der Waals surface area contributed by atoms with Crippen molar-refractivity contribution in [3.63, 3.8) is 0 Å². The minimum absolute atomic E-state index is 0.246. The molecule has 1 atom stereocenters. The standard InChI is InChI=1S/C15H23NO3/c1-12(2)11-18-8-9-19-15(17)14(10-16)13-6-4-3-5-7-13/h3-7,12,14H,8-11,16H2,1-2H3. The Balaban J connectivity index is 2.35. The molecule has 0 amide bonds. The molecule has 0 aromatic heterocycles. The van der Waals surface area contributed by atoms with Crippen molar-refractivity contribution in [3.05, 3.63) is 35.9 Å². The summed E-state index contributed by atoms with van der Waals surface area (Å²) in [7, 11) is 0. The zero-order valence-electron chi connectivity index (χ0n) is 11.7. The van der Waals surface area contributed by atoms with Crippen molar-refractivity contribution in [2.75, 3.05) is 26.4 Å². The summed E-state index contributed by atoms with van der Waals surface area (Å²) in [6.45, 7) is 5.77. The van der Waals surface area contributed by atoms with Crippen LogP contribution in [0.5, 0.6) is 0 Å². The maximum atomic E-state index is 11.9. The molecule has 106 valence electrons. The Hall–Kier alpha value is -1.39. The van der Waals surface area contributed by atoms with Gasteiger partial charge in [-0.3, -0.25) is 4.79 Å². The molecular formula is C15H23NO3. The normalized spacial score (nSPS) is 12.4. The minimum Gasteiger partial charge on any atom is -0.463 e. The molecule has 19 heavy (non-hydrogen) atoms. The summed E-state index contributed by atoms with van der Waals surface area (Å²) in [5.74, 6) is -0.204. The lowest BCUT2D eigenvalue weighted by molar-refractivity contribution is -0.146. The van der Waals surface area contributed by atoms with Gasteiger partial charge in [0.1, 0.15) is 6.61 Å². The van der Waals surface area contributed by atoms with Crippen LogP contribution in [0.2, 0.25) is 0 Å². The maximum Gasteiger partial charge on any atom is 0.314 e. The third kappa shape index (κ3) is 5.85. The van der Waals surface area contributed by atoms with Gasteiger partial charge in [0.15, 0.2) is 0 Å². The highest BCUT2D eigenvalue weighted by Gasteiger charge is 2.20. The molecule has 0 radical (unpaired) electrons. The van der Waals surface area contributed by atoms with Crippen LogP contribution in [0.3, 0.4) is 0 Å². The van der Waals surface area contributed by atoms with Crippen LogP contribution in [0, 0.1) is 5.92 Å². The molecule has 0 aliphatic rings. The lowest BCUT2D eigenvalue weighted by atomic mass is 10.00. The number of benzene rings is 1. The number of nitrogens with two attached hydrogens (primary N) is 1. The van der Waals surface area contributed by atoms with E-state index >= 15 is 0 Å². The van der Waals surface area contributed by atoms with Gasteiger partial charge in [-0.15, -0.1) is 0 Å². The second-order valence-corrected chi connectivity index (χ2v) is 4.84. The highest BCUT2D eigenvalue weighted by molar-refractivity contribution is 5.78. The first-order valence-electron chi connectivity index (χ1n) is 6.64. The lowest BCUT2D eigenvalue weighted by Crippen LogP contribution is -2.25. The van der Waals surface area contributed by atoms with E-state index in [1.54, 1.807) is 0 Å². The van der Waals surface area contributed by atoms with Gasteiger partial charge in [-0.25, -0.2) is 0 Å². The smallest absolute Gasteiger partial charge is 0.314 e. The fraction of sp³-hybridized carbons (Fsp3) is 0.533. The van der Waals surface area contributed by atoms with Crippen LogP contribution in [-0.2, 0) is 14.3 Å². The molecule has 0 heterocycles. The van der Waals surface area contributed by atoms with Crippen LogP contribution < -0.4 is 5.73 Å². The summed E-state index contributed by atoms with van der Waals surface area (Å²) in [6, 6.07) is 9.44. The van der Waals surface area contributed by atoms with Crippen LogP contribution in [0.4, 0.5) is 0 Å². The summed E-state index contributed by atoms with van der Waals surface area (Å²) in [5.41, 5.74) is 6.53. The van der Waals surface area contributed by atoms with Crippen LogP contribution in [0.1, 0.15) is 25.3 Å². The molecule has 1 aromatic rings. The van der Waals surface area contributed by atoms with Crippen LogP contribution in [0.15, 0.2) is 30.3 Å². The average molecular weight is 265 g/mol. The topological polar surface area (TPSA) is 61.5 Å². The van der Waals surface area contributed by atoms with Crippen molar-refractivity contribution in [3.8, 4) is 0 Å². The molecule has 0 saturated carbocycles. The van der Waals surface area contributed by atoms with Crippen molar-refractivity contribution in [2.24, 2.45) is 11.7 Å².